The molecule has 0 saturated heterocycles. The van der Waals surface area contributed by atoms with Crippen LogP contribution in [0.2, 0.25) is 0 Å². The van der Waals surface area contributed by atoms with Gasteiger partial charge in [0.15, 0.2) is 5.65 Å². The maximum atomic E-state index is 13.6. The molecule has 1 amide bonds. The molecule has 1 aliphatic carbocycles. The van der Waals surface area contributed by atoms with Gasteiger partial charge < -0.3 is 15.7 Å². The third-order valence-electron chi connectivity index (χ3n) is 7.34. The fourth-order valence-corrected chi connectivity index (χ4v) is 5.56. The topological polar surface area (TPSA) is 95.7 Å². The molecule has 0 spiro atoms. The minimum atomic E-state index is -0.893. The van der Waals surface area contributed by atoms with Gasteiger partial charge in [0.05, 0.1) is 12.0 Å². The number of carboxylic acids is 1. The van der Waals surface area contributed by atoms with E-state index in [2.05, 4.69) is 61.7 Å². The molecule has 2 heterocycles. The number of amides is 1. The largest absolute Gasteiger partial charge is 0.481 e. The number of nitrogens with zero attached hydrogens (tertiary/aromatic N) is 2. The summed E-state index contributed by atoms with van der Waals surface area (Å²) in [6.07, 6.45) is 7.03. The van der Waals surface area contributed by atoms with E-state index in [1.165, 1.54) is 6.42 Å². The number of benzene rings is 2. The zero-order valence-corrected chi connectivity index (χ0v) is 22.3. The molecule has 2 aromatic heterocycles. The van der Waals surface area contributed by atoms with Crippen LogP contribution in [0.25, 0.3) is 27.7 Å². The Morgan fingerprint density at radius 3 is 2.47 bits per heavy atom. The van der Waals surface area contributed by atoms with Crippen LogP contribution in [-0.2, 0) is 4.79 Å². The third-order valence-corrected chi connectivity index (χ3v) is 7.34. The highest BCUT2D eigenvalue weighted by Crippen LogP contribution is 2.34. The molecule has 7 nitrogen and oxygen atoms in total. The minimum absolute atomic E-state index is 0.0763. The van der Waals surface area contributed by atoms with Gasteiger partial charge in [-0.1, -0.05) is 55.7 Å². The van der Waals surface area contributed by atoms with E-state index in [0.717, 1.165) is 53.5 Å². The number of carbonyl (C=O) groups is 2. The third kappa shape index (κ3) is 5.52. The highest BCUT2D eigenvalue weighted by Gasteiger charge is 2.29. The van der Waals surface area contributed by atoms with E-state index in [-0.39, 0.29) is 23.8 Å². The van der Waals surface area contributed by atoms with Crippen molar-refractivity contribution >= 4 is 34.1 Å². The van der Waals surface area contributed by atoms with Crippen molar-refractivity contribution < 1.29 is 14.7 Å². The summed E-state index contributed by atoms with van der Waals surface area (Å²) in [5, 5.41) is 18.5. The predicted octanol–water partition coefficient (Wildman–Crippen LogP) is 6.52. The Hall–Kier alpha value is -3.87. The van der Waals surface area contributed by atoms with Crippen molar-refractivity contribution in [3.63, 3.8) is 0 Å². The van der Waals surface area contributed by atoms with Crippen molar-refractivity contribution in [2.75, 3.05) is 5.32 Å². The molecule has 1 aliphatic rings. The molecule has 3 N–H and O–H groups in total. The van der Waals surface area contributed by atoms with E-state index in [0.29, 0.717) is 11.2 Å². The molecular weight excluding hydrogens is 476 g/mol. The lowest BCUT2D eigenvalue weighted by molar-refractivity contribution is -0.137. The maximum absolute atomic E-state index is 13.6. The molecule has 1 saturated carbocycles. The Kier molecular flexibility index (Phi) is 7.11. The summed E-state index contributed by atoms with van der Waals surface area (Å²) in [6, 6.07) is 17.7. The van der Waals surface area contributed by atoms with Crippen LogP contribution in [0.15, 0.2) is 60.8 Å². The number of hydrogen-bond donors (Lipinski definition) is 3. The van der Waals surface area contributed by atoms with Crippen LogP contribution in [-0.4, -0.2) is 37.9 Å². The number of aliphatic carboxylic acids is 1. The fourth-order valence-electron chi connectivity index (χ4n) is 5.56. The van der Waals surface area contributed by atoms with Crippen molar-refractivity contribution in [2.24, 2.45) is 5.92 Å². The van der Waals surface area contributed by atoms with E-state index >= 15 is 0 Å². The van der Waals surface area contributed by atoms with Crippen molar-refractivity contribution in [2.45, 2.75) is 70.9 Å². The average molecular weight is 513 g/mol. The van der Waals surface area contributed by atoms with E-state index in [1.54, 1.807) is 6.07 Å². The molecule has 2 aromatic carbocycles. The summed E-state index contributed by atoms with van der Waals surface area (Å²) in [5.74, 6) is -0.193. The summed E-state index contributed by atoms with van der Waals surface area (Å²) in [7, 11) is 0. The Balaban J connectivity index is 1.57. The monoisotopic (exact) mass is 512 g/mol. The van der Waals surface area contributed by atoms with Crippen LogP contribution in [0, 0.1) is 5.92 Å². The van der Waals surface area contributed by atoms with Crippen LogP contribution in [0.3, 0.4) is 0 Å². The van der Waals surface area contributed by atoms with E-state index < -0.39 is 12.0 Å². The zero-order valence-electron chi connectivity index (χ0n) is 22.3. The van der Waals surface area contributed by atoms with E-state index in [9.17, 15) is 14.7 Å². The number of hydrogen-bond acceptors (Lipinski definition) is 4. The summed E-state index contributed by atoms with van der Waals surface area (Å²) in [5.41, 5.74) is 2.45. The predicted molar refractivity (Wildman–Crippen MR) is 152 cm³/mol. The Morgan fingerprint density at radius 1 is 1.03 bits per heavy atom. The number of nitrogens with one attached hydrogen (secondary N) is 2. The number of anilines is 1. The van der Waals surface area contributed by atoms with Gasteiger partial charge in [-0.15, -0.1) is 0 Å². The Morgan fingerprint density at radius 2 is 1.76 bits per heavy atom. The van der Waals surface area contributed by atoms with E-state index in [1.807, 2.05) is 28.8 Å². The first kappa shape index (κ1) is 25.8. The molecule has 38 heavy (non-hydrogen) atoms. The molecule has 7 heteroatoms. The number of fused-ring (bicyclic) bond motifs is 2. The molecular formula is C31H36N4O3. The van der Waals surface area contributed by atoms with Crippen molar-refractivity contribution in [1.82, 2.24) is 14.7 Å². The maximum Gasteiger partial charge on any atom is 0.305 e. The Bertz CT molecular complexity index is 1480. The highest BCUT2D eigenvalue weighted by molar-refractivity contribution is 6.01. The number of aromatic nitrogens is 2. The normalized spacial score (nSPS) is 15.4. The van der Waals surface area contributed by atoms with Crippen LogP contribution in [0.1, 0.15) is 69.7 Å². The SMILES string of the molecule is CC(C)(C)Nc1c(-c2ccc3ccccc3c2)nc2c(C(=O)NC(CC(=O)O)C3CCCCC3)cccn12. The zero-order chi connectivity index (χ0) is 26.9. The van der Waals surface area contributed by atoms with Gasteiger partial charge in [-0.3, -0.25) is 14.0 Å². The number of carboxylic acid groups (broad SMARTS) is 1. The summed E-state index contributed by atoms with van der Waals surface area (Å²) >= 11 is 0. The first-order chi connectivity index (χ1) is 18.2. The van der Waals surface area contributed by atoms with Gasteiger partial charge in [-0.05, 0) is 68.5 Å². The van der Waals surface area contributed by atoms with Gasteiger partial charge in [0.25, 0.3) is 5.91 Å². The van der Waals surface area contributed by atoms with Gasteiger partial charge in [0.1, 0.15) is 11.5 Å². The molecule has 0 aliphatic heterocycles. The molecule has 0 bridgehead atoms. The van der Waals surface area contributed by atoms with Gasteiger partial charge in [-0.2, -0.15) is 0 Å². The molecule has 4 aromatic rings. The lowest BCUT2D eigenvalue weighted by Crippen LogP contribution is -2.42. The second kappa shape index (κ2) is 10.5. The summed E-state index contributed by atoms with van der Waals surface area (Å²) < 4.78 is 1.93. The molecule has 198 valence electrons. The number of pyridine rings is 1. The molecule has 1 atom stereocenters. The molecule has 5 rings (SSSR count). The highest BCUT2D eigenvalue weighted by atomic mass is 16.4. The van der Waals surface area contributed by atoms with Crippen LogP contribution >= 0.6 is 0 Å². The molecule has 1 unspecified atom stereocenters. The van der Waals surface area contributed by atoms with E-state index in [4.69, 9.17) is 4.98 Å². The van der Waals surface area contributed by atoms with Crippen LogP contribution < -0.4 is 10.6 Å². The Labute approximate surface area is 223 Å². The molecule has 1 fully saturated rings. The minimum Gasteiger partial charge on any atom is -0.481 e. The fraction of sp³-hybridized carbons (Fsp3) is 0.387. The first-order valence-corrected chi connectivity index (χ1v) is 13.5. The lowest BCUT2D eigenvalue weighted by Gasteiger charge is -2.30. The van der Waals surface area contributed by atoms with Crippen LogP contribution in [0.4, 0.5) is 5.82 Å². The number of carbonyl (C=O) groups excluding carboxylic acids is 1. The van der Waals surface area contributed by atoms with Crippen molar-refractivity contribution in [3.8, 4) is 11.3 Å². The van der Waals surface area contributed by atoms with Crippen molar-refractivity contribution in [1.29, 1.82) is 0 Å². The second-order valence-corrected chi connectivity index (χ2v) is 11.4. The van der Waals surface area contributed by atoms with Gasteiger partial charge >= 0.3 is 5.97 Å². The second-order valence-electron chi connectivity index (χ2n) is 11.4. The summed E-state index contributed by atoms with van der Waals surface area (Å²) in [6.45, 7) is 6.27. The standard InChI is InChI=1S/C31H36N4O3/c1-31(2,3)34-29-27(23-16-15-20-10-7-8-13-22(20)18-23)33-28-24(14-9-17-35(28)29)30(38)32-25(19-26(36)37)21-11-5-4-6-12-21/h7-10,13-18,21,25,34H,4-6,11-12,19H2,1-3H3,(H,32,38)(H,36,37). The quantitative estimate of drug-likeness (QED) is 0.262. The van der Waals surface area contributed by atoms with Crippen molar-refractivity contribution in [3.05, 3.63) is 66.4 Å². The lowest BCUT2D eigenvalue weighted by atomic mass is 9.82. The van der Waals surface area contributed by atoms with Crippen LogP contribution in [0.5, 0.6) is 0 Å². The number of imidazole rings is 1. The number of rotatable bonds is 7. The molecule has 0 radical (unpaired) electrons. The van der Waals surface area contributed by atoms with Gasteiger partial charge in [-0.25, -0.2) is 4.98 Å². The first-order valence-electron chi connectivity index (χ1n) is 13.5. The van der Waals surface area contributed by atoms with Gasteiger partial charge in [0, 0.05) is 23.3 Å². The smallest absolute Gasteiger partial charge is 0.305 e. The summed E-state index contributed by atoms with van der Waals surface area (Å²) in [4.78, 5) is 30.3. The van der Waals surface area contributed by atoms with Gasteiger partial charge in [0.2, 0.25) is 0 Å². The average Bonchev–Trinajstić information content (AvgIpc) is 3.25.